The van der Waals surface area contributed by atoms with Gasteiger partial charge in [-0.2, -0.15) is 0 Å². The molecule has 1 aromatic rings. The van der Waals surface area contributed by atoms with E-state index in [1.807, 2.05) is 13.8 Å². The van der Waals surface area contributed by atoms with Gasteiger partial charge in [0.25, 0.3) is 11.6 Å². The Hall–Kier alpha value is -2.53. The van der Waals surface area contributed by atoms with Crippen LogP contribution in [0, 0.1) is 22.0 Å². The molecule has 3 aliphatic heterocycles. The normalized spacial score (nSPS) is 25.8. The van der Waals surface area contributed by atoms with Crippen molar-refractivity contribution in [2.24, 2.45) is 11.8 Å². The lowest BCUT2D eigenvalue weighted by Gasteiger charge is -2.29. The second-order valence-electron chi connectivity index (χ2n) is 9.95. The van der Waals surface area contributed by atoms with Crippen LogP contribution in [0.25, 0.3) is 0 Å². The zero-order chi connectivity index (χ0) is 24.8. The highest BCUT2D eigenvalue weighted by Gasteiger charge is 2.58. The molecule has 3 saturated heterocycles. The number of nitro benzene ring substituents is 1. The number of piperidine rings is 1. The lowest BCUT2D eigenvalue weighted by Crippen LogP contribution is -2.44. The summed E-state index contributed by atoms with van der Waals surface area (Å²) >= 11 is 0. The first-order valence-electron chi connectivity index (χ1n) is 11.8. The van der Waals surface area contributed by atoms with E-state index in [1.165, 1.54) is 12.5 Å². The summed E-state index contributed by atoms with van der Waals surface area (Å²) in [6.07, 6.45) is 4.68. The topological polar surface area (TPSA) is 121 Å². The van der Waals surface area contributed by atoms with E-state index >= 15 is 0 Å². The molecular weight excluding hydrogens is 460 g/mol. The maximum Gasteiger partial charge on any atom is 0.274 e. The van der Waals surface area contributed by atoms with Gasteiger partial charge in [-0.15, -0.1) is 0 Å². The number of hydrogen-bond acceptors (Lipinski definition) is 7. The van der Waals surface area contributed by atoms with E-state index in [-0.39, 0.29) is 17.2 Å². The number of carbonyl (C=O) groups excluding carboxylic acids is 2. The minimum absolute atomic E-state index is 0.0900. The highest BCUT2D eigenvalue weighted by molar-refractivity contribution is 7.88. The van der Waals surface area contributed by atoms with Gasteiger partial charge in [0.1, 0.15) is 0 Å². The molecule has 3 heterocycles. The molecule has 1 aromatic carbocycles. The van der Waals surface area contributed by atoms with Crippen molar-refractivity contribution in [1.29, 1.82) is 0 Å². The van der Waals surface area contributed by atoms with Crippen LogP contribution in [0.3, 0.4) is 0 Å². The number of hydrogen-bond donors (Lipinski definition) is 0. The highest BCUT2D eigenvalue weighted by atomic mass is 32.2. The molecule has 186 valence electrons. The number of likely N-dealkylation sites (tertiary alicyclic amines) is 2. The summed E-state index contributed by atoms with van der Waals surface area (Å²) in [5.41, 5.74) is 0.664. The molecule has 34 heavy (non-hydrogen) atoms. The first kappa shape index (κ1) is 24.6. The summed E-state index contributed by atoms with van der Waals surface area (Å²) in [6.45, 7) is 6.23. The Bertz CT molecular complexity index is 1100. The van der Waals surface area contributed by atoms with Crippen LogP contribution in [-0.4, -0.2) is 77.2 Å². The molecule has 0 aromatic heterocycles. The lowest BCUT2D eigenvalue weighted by molar-refractivity contribution is -0.385. The summed E-state index contributed by atoms with van der Waals surface area (Å²) < 4.78 is 25.6. The van der Waals surface area contributed by atoms with Crippen LogP contribution in [0.4, 0.5) is 5.69 Å². The molecule has 0 aliphatic carbocycles. The van der Waals surface area contributed by atoms with Crippen molar-refractivity contribution in [3.63, 3.8) is 0 Å². The average Bonchev–Trinajstić information content (AvgIpc) is 3.29. The number of nitrogens with zero attached hydrogens (tertiary/aromatic N) is 4. The molecule has 0 spiro atoms. The molecular formula is C23H32N4O6S. The van der Waals surface area contributed by atoms with E-state index in [9.17, 15) is 28.1 Å². The number of fused-ring (bicyclic) bond motifs is 1. The van der Waals surface area contributed by atoms with Crippen molar-refractivity contribution >= 4 is 27.5 Å². The Kier molecular flexibility index (Phi) is 6.69. The lowest BCUT2D eigenvalue weighted by atomic mass is 9.88. The zero-order valence-corrected chi connectivity index (χ0v) is 20.7. The fourth-order valence-corrected chi connectivity index (χ4v) is 6.97. The van der Waals surface area contributed by atoms with E-state index in [2.05, 4.69) is 4.90 Å². The molecule has 0 N–H and O–H groups in total. The van der Waals surface area contributed by atoms with Crippen molar-refractivity contribution in [1.82, 2.24) is 14.1 Å². The van der Waals surface area contributed by atoms with Crippen molar-refractivity contribution in [2.45, 2.75) is 58.2 Å². The summed E-state index contributed by atoms with van der Waals surface area (Å²) in [5, 5.41) is 11.8. The second-order valence-corrected chi connectivity index (χ2v) is 11.8. The largest absolute Gasteiger partial charge is 0.333 e. The number of sulfonamides is 1. The SMILES string of the molecule is CC(C)[C@H]1C(=O)N(S(C)(=O)=O)[C@H]2CCN(C(=O)c3ccc(CN4CCCCC4)c([N+](=O)[O-])c3)[C@H]12. The third-order valence-corrected chi connectivity index (χ3v) is 8.46. The summed E-state index contributed by atoms with van der Waals surface area (Å²) in [7, 11) is -3.77. The second kappa shape index (κ2) is 9.26. The summed E-state index contributed by atoms with van der Waals surface area (Å²) in [4.78, 5) is 41.6. The Morgan fingerprint density at radius 2 is 1.85 bits per heavy atom. The molecule has 0 bridgehead atoms. The predicted octanol–water partition coefficient (Wildman–Crippen LogP) is 2.24. The third kappa shape index (κ3) is 4.43. The smallest absolute Gasteiger partial charge is 0.274 e. The Morgan fingerprint density at radius 1 is 1.18 bits per heavy atom. The van der Waals surface area contributed by atoms with Crippen molar-refractivity contribution in [2.75, 3.05) is 25.9 Å². The molecule has 0 unspecified atom stereocenters. The molecule has 3 fully saturated rings. The van der Waals surface area contributed by atoms with Gasteiger partial charge >= 0.3 is 0 Å². The maximum absolute atomic E-state index is 13.5. The molecule has 3 atom stereocenters. The molecule has 11 heteroatoms. The van der Waals surface area contributed by atoms with Crippen LogP contribution in [0.15, 0.2) is 18.2 Å². The molecule has 0 saturated carbocycles. The maximum atomic E-state index is 13.5. The number of carbonyl (C=O) groups is 2. The zero-order valence-electron chi connectivity index (χ0n) is 19.8. The van der Waals surface area contributed by atoms with Gasteiger partial charge in [0, 0.05) is 30.3 Å². The van der Waals surface area contributed by atoms with Crippen molar-refractivity contribution in [3.05, 3.63) is 39.4 Å². The van der Waals surface area contributed by atoms with Crippen LogP contribution < -0.4 is 0 Å². The van der Waals surface area contributed by atoms with E-state index < -0.39 is 44.8 Å². The van der Waals surface area contributed by atoms with Crippen molar-refractivity contribution in [3.8, 4) is 0 Å². The number of benzene rings is 1. The van der Waals surface area contributed by atoms with Crippen LogP contribution >= 0.6 is 0 Å². The Balaban J connectivity index is 1.63. The quantitative estimate of drug-likeness (QED) is 0.441. The highest BCUT2D eigenvalue weighted by Crippen LogP contribution is 2.42. The number of rotatable bonds is 6. The van der Waals surface area contributed by atoms with E-state index in [4.69, 9.17) is 0 Å². The van der Waals surface area contributed by atoms with Gasteiger partial charge in [0.05, 0.1) is 29.2 Å². The molecule has 3 aliphatic rings. The minimum atomic E-state index is -3.77. The van der Waals surface area contributed by atoms with Gasteiger partial charge in [-0.25, -0.2) is 12.7 Å². The molecule has 10 nitrogen and oxygen atoms in total. The fourth-order valence-electron chi connectivity index (χ4n) is 5.80. The van der Waals surface area contributed by atoms with Crippen LogP contribution in [-0.2, 0) is 21.4 Å². The van der Waals surface area contributed by atoms with Gasteiger partial charge in [0.15, 0.2) is 0 Å². The summed E-state index contributed by atoms with van der Waals surface area (Å²) in [6, 6.07) is 3.40. The number of nitro groups is 1. The minimum Gasteiger partial charge on any atom is -0.333 e. The first-order chi connectivity index (χ1) is 16.0. The van der Waals surface area contributed by atoms with E-state index in [1.54, 1.807) is 17.0 Å². The van der Waals surface area contributed by atoms with Crippen LogP contribution in [0.5, 0.6) is 0 Å². The van der Waals surface area contributed by atoms with Gasteiger partial charge in [-0.1, -0.05) is 26.3 Å². The van der Waals surface area contributed by atoms with Gasteiger partial charge in [-0.05, 0) is 44.3 Å². The predicted molar refractivity (Wildman–Crippen MR) is 125 cm³/mol. The first-order valence-corrected chi connectivity index (χ1v) is 13.7. The Labute approximate surface area is 200 Å². The monoisotopic (exact) mass is 492 g/mol. The summed E-state index contributed by atoms with van der Waals surface area (Å²) in [5.74, 6) is -1.69. The number of amides is 2. The molecule has 2 amide bonds. The van der Waals surface area contributed by atoms with Gasteiger partial charge < -0.3 is 4.90 Å². The van der Waals surface area contributed by atoms with Crippen LogP contribution in [0.2, 0.25) is 0 Å². The molecule has 4 rings (SSSR count). The fraction of sp³-hybridized carbons (Fsp3) is 0.652. The third-order valence-electron chi connectivity index (χ3n) is 7.30. The van der Waals surface area contributed by atoms with Gasteiger partial charge in [0.2, 0.25) is 15.9 Å². The molecule has 0 radical (unpaired) electrons. The Morgan fingerprint density at radius 3 is 2.44 bits per heavy atom. The van der Waals surface area contributed by atoms with Crippen molar-refractivity contribution < 1.29 is 22.9 Å². The standard InChI is InChI=1S/C23H32N4O6S/c1-15(2)20-21-18(26(23(20)29)34(3,32)33)9-12-25(21)22(28)16-7-8-17(19(13-16)27(30)31)14-24-10-5-4-6-11-24/h7-8,13,15,18,20-21H,4-6,9-12,14H2,1-3H3/t18-,20+,21-/m0/s1. The average molecular weight is 493 g/mol. The van der Waals surface area contributed by atoms with Crippen LogP contribution in [0.1, 0.15) is 55.5 Å². The van der Waals surface area contributed by atoms with Gasteiger partial charge in [-0.3, -0.25) is 24.6 Å². The van der Waals surface area contributed by atoms with E-state index in [0.29, 0.717) is 25.1 Å². The van der Waals surface area contributed by atoms with E-state index in [0.717, 1.165) is 36.5 Å².